The fraction of sp³-hybridized carbons (Fsp3) is 0.143. The van der Waals surface area contributed by atoms with Crippen LogP contribution in [0.1, 0.15) is 5.56 Å². The zero-order chi connectivity index (χ0) is 9.35. The lowest BCUT2D eigenvalue weighted by Gasteiger charge is -2.12. The molecule has 0 atom stereocenters. The predicted molar refractivity (Wildman–Crippen MR) is 49.0 cm³/mol. The van der Waals surface area contributed by atoms with Gasteiger partial charge in [-0.25, -0.2) is 0 Å². The van der Waals surface area contributed by atoms with E-state index in [9.17, 15) is 5.11 Å². The highest BCUT2D eigenvalue weighted by Crippen LogP contribution is 2.43. The Bertz CT molecular complexity index is 293. The van der Waals surface area contributed by atoms with E-state index in [1.807, 2.05) is 0 Å². The highest BCUT2D eigenvalue weighted by Gasteiger charge is 2.26. The van der Waals surface area contributed by atoms with Gasteiger partial charge in [0.05, 0.1) is 0 Å². The first-order valence-corrected chi connectivity index (χ1v) is 4.14. The SMILES string of the molecule is Oc1ccc(O)c(C(Cl)(Cl)Cl)c1. The van der Waals surface area contributed by atoms with Crippen LogP contribution >= 0.6 is 34.8 Å². The van der Waals surface area contributed by atoms with E-state index in [4.69, 9.17) is 39.9 Å². The molecule has 0 spiro atoms. The standard InChI is InChI=1S/C7H5Cl3O2/c8-7(9,10)5-3-4(11)1-2-6(5)12/h1-3,11-12H. The second-order valence-corrected chi connectivity index (χ2v) is 4.48. The molecule has 1 aromatic rings. The number of phenolic OH excluding ortho intramolecular Hbond substituents is 2. The summed E-state index contributed by atoms with van der Waals surface area (Å²) in [7, 11) is 0. The Hall–Kier alpha value is -0.310. The molecule has 0 radical (unpaired) electrons. The van der Waals surface area contributed by atoms with Gasteiger partial charge in [0, 0.05) is 5.56 Å². The fourth-order valence-electron chi connectivity index (χ4n) is 0.751. The van der Waals surface area contributed by atoms with E-state index in [-0.39, 0.29) is 17.1 Å². The van der Waals surface area contributed by atoms with Crippen molar-refractivity contribution in [2.45, 2.75) is 3.79 Å². The maximum atomic E-state index is 9.21. The minimum absolute atomic E-state index is 0.0610. The summed E-state index contributed by atoms with van der Waals surface area (Å²) >= 11 is 16.5. The van der Waals surface area contributed by atoms with E-state index < -0.39 is 3.79 Å². The number of hydrogen-bond acceptors (Lipinski definition) is 2. The van der Waals surface area contributed by atoms with Crippen LogP contribution in [0.25, 0.3) is 0 Å². The maximum absolute atomic E-state index is 9.21. The van der Waals surface area contributed by atoms with Gasteiger partial charge >= 0.3 is 0 Å². The van der Waals surface area contributed by atoms with Crippen LogP contribution in [-0.2, 0) is 3.79 Å². The molecule has 0 aromatic heterocycles. The number of hydrogen-bond donors (Lipinski definition) is 2. The Morgan fingerprint density at radius 1 is 1.08 bits per heavy atom. The van der Waals surface area contributed by atoms with Gasteiger partial charge in [-0.3, -0.25) is 0 Å². The van der Waals surface area contributed by atoms with Gasteiger partial charge in [0.25, 0.3) is 0 Å². The molecular weight excluding hydrogens is 222 g/mol. The van der Waals surface area contributed by atoms with Crippen LogP contribution in [0.2, 0.25) is 0 Å². The van der Waals surface area contributed by atoms with Gasteiger partial charge < -0.3 is 10.2 Å². The van der Waals surface area contributed by atoms with Crippen LogP contribution in [0.4, 0.5) is 0 Å². The second-order valence-electron chi connectivity index (χ2n) is 2.20. The fourth-order valence-corrected chi connectivity index (χ4v) is 1.21. The molecule has 0 saturated carbocycles. The molecule has 66 valence electrons. The number of halogens is 3. The summed E-state index contributed by atoms with van der Waals surface area (Å²) < 4.78 is -1.72. The number of benzene rings is 1. The first kappa shape index (κ1) is 9.78. The Labute approximate surface area is 84.3 Å². The van der Waals surface area contributed by atoms with Gasteiger partial charge in [0.2, 0.25) is 3.79 Å². The number of rotatable bonds is 0. The first-order chi connectivity index (χ1) is 5.41. The van der Waals surface area contributed by atoms with E-state index in [0.717, 1.165) is 0 Å². The molecule has 2 N–H and O–H groups in total. The van der Waals surface area contributed by atoms with E-state index in [1.165, 1.54) is 18.2 Å². The van der Waals surface area contributed by atoms with Crippen LogP contribution < -0.4 is 0 Å². The van der Waals surface area contributed by atoms with E-state index in [0.29, 0.717) is 0 Å². The average molecular weight is 227 g/mol. The average Bonchev–Trinajstić information content (AvgIpc) is 1.92. The molecular formula is C7H5Cl3O2. The van der Waals surface area contributed by atoms with E-state index in [2.05, 4.69) is 0 Å². The third-order valence-electron chi connectivity index (χ3n) is 1.29. The Kier molecular flexibility index (Phi) is 2.61. The Balaban J connectivity index is 3.23. The molecule has 1 aromatic carbocycles. The van der Waals surface area contributed by atoms with Crippen LogP contribution in [0.5, 0.6) is 11.5 Å². The van der Waals surface area contributed by atoms with Crippen molar-refractivity contribution in [3.8, 4) is 11.5 Å². The van der Waals surface area contributed by atoms with Crippen LogP contribution in [0, 0.1) is 0 Å². The second kappa shape index (κ2) is 3.21. The molecule has 0 bridgehead atoms. The third-order valence-corrected chi connectivity index (χ3v) is 1.90. The monoisotopic (exact) mass is 226 g/mol. The van der Waals surface area contributed by atoms with Crippen molar-refractivity contribution in [1.29, 1.82) is 0 Å². The Morgan fingerprint density at radius 2 is 1.67 bits per heavy atom. The summed E-state index contributed by atoms with van der Waals surface area (Å²) in [5.41, 5.74) is 0.0625. The lowest BCUT2D eigenvalue weighted by atomic mass is 10.2. The molecule has 0 amide bonds. The first-order valence-electron chi connectivity index (χ1n) is 3.00. The number of aromatic hydroxyl groups is 2. The van der Waals surface area contributed by atoms with Crippen LogP contribution in [0.3, 0.4) is 0 Å². The van der Waals surface area contributed by atoms with Crippen LogP contribution in [0.15, 0.2) is 18.2 Å². The smallest absolute Gasteiger partial charge is 0.219 e. The zero-order valence-electron chi connectivity index (χ0n) is 5.76. The third kappa shape index (κ3) is 2.09. The van der Waals surface area contributed by atoms with Gasteiger partial charge in [-0.1, -0.05) is 34.8 Å². The molecule has 0 unspecified atom stereocenters. The molecule has 0 heterocycles. The zero-order valence-corrected chi connectivity index (χ0v) is 8.03. The van der Waals surface area contributed by atoms with Crippen molar-refractivity contribution in [1.82, 2.24) is 0 Å². The molecule has 1 rings (SSSR count). The van der Waals surface area contributed by atoms with Gasteiger partial charge in [0.1, 0.15) is 11.5 Å². The summed E-state index contributed by atoms with van der Waals surface area (Å²) in [5, 5.41) is 18.2. The molecule has 2 nitrogen and oxygen atoms in total. The number of alkyl halides is 3. The Morgan fingerprint density at radius 3 is 2.08 bits per heavy atom. The summed E-state index contributed by atoms with van der Waals surface area (Å²) in [6, 6.07) is 3.75. The maximum Gasteiger partial charge on any atom is 0.219 e. The van der Waals surface area contributed by atoms with Crippen molar-refractivity contribution in [3.63, 3.8) is 0 Å². The lowest BCUT2D eigenvalue weighted by molar-refractivity contribution is 0.455. The summed E-state index contributed by atoms with van der Waals surface area (Å²) in [6.45, 7) is 0. The molecule has 0 aliphatic carbocycles. The molecule has 0 fully saturated rings. The van der Waals surface area contributed by atoms with Gasteiger partial charge in [-0.2, -0.15) is 0 Å². The normalized spacial score (nSPS) is 11.6. The molecule has 5 heteroatoms. The van der Waals surface area contributed by atoms with E-state index in [1.54, 1.807) is 0 Å². The van der Waals surface area contributed by atoms with Crippen molar-refractivity contribution < 1.29 is 10.2 Å². The minimum Gasteiger partial charge on any atom is -0.508 e. The van der Waals surface area contributed by atoms with Gasteiger partial charge in [-0.15, -0.1) is 0 Å². The topological polar surface area (TPSA) is 40.5 Å². The number of phenols is 2. The van der Waals surface area contributed by atoms with Crippen molar-refractivity contribution in [3.05, 3.63) is 23.8 Å². The summed E-state index contributed by atoms with van der Waals surface area (Å²) in [6.07, 6.45) is 0. The molecule has 0 aliphatic rings. The summed E-state index contributed by atoms with van der Waals surface area (Å²) in [4.78, 5) is 0. The molecule has 12 heavy (non-hydrogen) atoms. The van der Waals surface area contributed by atoms with Gasteiger partial charge in [-0.05, 0) is 18.2 Å². The molecule has 0 aliphatic heterocycles. The highest BCUT2D eigenvalue weighted by atomic mass is 35.6. The summed E-state index contributed by atoms with van der Waals surface area (Å²) in [5.74, 6) is -0.220. The highest BCUT2D eigenvalue weighted by molar-refractivity contribution is 6.66. The lowest BCUT2D eigenvalue weighted by Crippen LogP contribution is -1.99. The molecule has 0 saturated heterocycles. The van der Waals surface area contributed by atoms with Crippen molar-refractivity contribution >= 4 is 34.8 Å². The predicted octanol–water partition coefficient (Wildman–Crippen LogP) is 2.92. The minimum atomic E-state index is -1.72. The van der Waals surface area contributed by atoms with Crippen molar-refractivity contribution in [2.24, 2.45) is 0 Å². The van der Waals surface area contributed by atoms with Crippen LogP contribution in [-0.4, -0.2) is 10.2 Å². The van der Waals surface area contributed by atoms with Gasteiger partial charge in [0.15, 0.2) is 0 Å². The van der Waals surface area contributed by atoms with E-state index >= 15 is 0 Å². The van der Waals surface area contributed by atoms with Crippen molar-refractivity contribution in [2.75, 3.05) is 0 Å². The quantitative estimate of drug-likeness (QED) is 0.528. The largest absolute Gasteiger partial charge is 0.508 e.